The van der Waals surface area contributed by atoms with Gasteiger partial charge in [0.1, 0.15) is 4.34 Å². The summed E-state index contributed by atoms with van der Waals surface area (Å²) in [6.45, 7) is 0.442. The quantitative estimate of drug-likeness (QED) is 0.810. The zero-order valence-electron chi connectivity index (χ0n) is 7.75. The lowest BCUT2D eigenvalue weighted by molar-refractivity contribution is 0.0636. The summed E-state index contributed by atoms with van der Waals surface area (Å²) < 4.78 is 0.592. The number of Topliss-reactive ketones (excluding diaryl/α,β-unsaturated/α-hetero) is 1. The largest absolute Gasteiger partial charge is 0.329 e. The molecule has 0 bridgehead atoms. The molecule has 76 valence electrons. The molecule has 0 radical (unpaired) electrons. The van der Waals surface area contributed by atoms with E-state index < -0.39 is 0 Å². The first-order valence-electron chi connectivity index (χ1n) is 4.67. The summed E-state index contributed by atoms with van der Waals surface area (Å²) >= 11 is 7.33. The molecule has 1 heterocycles. The van der Waals surface area contributed by atoms with Gasteiger partial charge in [0.25, 0.3) is 0 Å². The Kier molecular flexibility index (Phi) is 2.64. The van der Waals surface area contributed by atoms with Crippen LogP contribution >= 0.6 is 22.9 Å². The average Bonchev–Trinajstić information content (AvgIpc) is 2.50. The number of carbonyl (C=O) groups is 1. The van der Waals surface area contributed by atoms with Crippen molar-refractivity contribution in [2.24, 2.45) is 11.1 Å². The van der Waals surface area contributed by atoms with Gasteiger partial charge in [-0.05, 0) is 24.3 Å². The van der Waals surface area contributed by atoms with E-state index >= 15 is 0 Å². The molecule has 0 spiro atoms. The topological polar surface area (TPSA) is 43.1 Å². The van der Waals surface area contributed by atoms with Gasteiger partial charge in [0, 0.05) is 17.5 Å². The fourth-order valence-corrected chi connectivity index (χ4v) is 2.78. The van der Waals surface area contributed by atoms with Crippen molar-refractivity contribution < 1.29 is 4.79 Å². The molecule has 0 aliphatic heterocycles. The van der Waals surface area contributed by atoms with Gasteiger partial charge in [-0.15, -0.1) is 11.3 Å². The van der Waals surface area contributed by atoms with Crippen LogP contribution in [0.1, 0.15) is 29.6 Å². The molecule has 0 aromatic carbocycles. The molecule has 4 heteroatoms. The Labute approximate surface area is 92.1 Å². The van der Waals surface area contributed by atoms with E-state index in [0.29, 0.717) is 16.4 Å². The molecule has 1 aromatic heterocycles. The molecule has 0 amide bonds. The molecule has 0 unspecified atom stereocenters. The standard InChI is InChI=1S/C10H12ClNOS/c11-9-7(2-5-14-9)8(13)10(6-12)3-1-4-10/h2,5H,1,3-4,6,12H2. The second-order valence-electron chi connectivity index (χ2n) is 3.78. The van der Waals surface area contributed by atoms with Crippen LogP contribution in [0.2, 0.25) is 4.34 Å². The lowest BCUT2D eigenvalue weighted by Crippen LogP contribution is -2.44. The Bertz CT molecular complexity index is 351. The van der Waals surface area contributed by atoms with Crippen molar-refractivity contribution in [1.82, 2.24) is 0 Å². The highest BCUT2D eigenvalue weighted by Gasteiger charge is 2.43. The maximum atomic E-state index is 12.1. The van der Waals surface area contributed by atoms with E-state index in [1.807, 2.05) is 5.38 Å². The molecule has 2 rings (SSSR count). The van der Waals surface area contributed by atoms with Crippen LogP contribution in [-0.4, -0.2) is 12.3 Å². The Morgan fingerprint density at radius 1 is 1.64 bits per heavy atom. The molecule has 2 N–H and O–H groups in total. The summed E-state index contributed by atoms with van der Waals surface area (Å²) in [6.07, 6.45) is 2.92. The molecule has 1 saturated carbocycles. The Balaban J connectivity index is 2.27. The SMILES string of the molecule is NCC1(C(=O)c2ccsc2Cl)CCC1. The molecule has 14 heavy (non-hydrogen) atoms. The third-order valence-electron chi connectivity index (χ3n) is 3.05. The van der Waals surface area contributed by atoms with E-state index in [4.69, 9.17) is 17.3 Å². The summed E-state index contributed by atoms with van der Waals surface area (Å²) in [6, 6.07) is 1.80. The minimum absolute atomic E-state index is 0.137. The van der Waals surface area contributed by atoms with Crippen LogP contribution in [0.25, 0.3) is 0 Å². The van der Waals surface area contributed by atoms with Crippen molar-refractivity contribution in [3.63, 3.8) is 0 Å². The van der Waals surface area contributed by atoms with E-state index in [1.54, 1.807) is 6.07 Å². The van der Waals surface area contributed by atoms with Gasteiger partial charge in [0.05, 0.1) is 0 Å². The van der Waals surface area contributed by atoms with Gasteiger partial charge in [0.2, 0.25) is 0 Å². The van der Waals surface area contributed by atoms with Crippen LogP contribution < -0.4 is 5.73 Å². The van der Waals surface area contributed by atoms with E-state index in [-0.39, 0.29) is 11.2 Å². The summed E-state index contributed by atoms with van der Waals surface area (Å²) in [4.78, 5) is 12.1. The Hall–Kier alpha value is -0.380. The van der Waals surface area contributed by atoms with Crippen LogP contribution in [0.5, 0.6) is 0 Å². The Morgan fingerprint density at radius 3 is 2.71 bits per heavy atom. The summed E-state index contributed by atoms with van der Waals surface area (Å²) in [5.74, 6) is 0.137. The van der Waals surface area contributed by atoms with E-state index in [9.17, 15) is 4.79 Å². The van der Waals surface area contributed by atoms with Crippen molar-refractivity contribution in [3.8, 4) is 0 Å². The van der Waals surface area contributed by atoms with E-state index in [1.165, 1.54) is 11.3 Å². The minimum Gasteiger partial charge on any atom is -0.329 e. The highest BCUT2D eigenvalue weighted by molar-refractivity contribution is 7.14. The van der Waals surface area contributed by atoms with Gasteiger partial charge in [-0.3, -0.25) is 4.79 Å². The molecular weight excluding hydrogens is 218 g/mol. The lowest BCUT2D eigenvalue weighted by atomic mass is 9.65. The average molecular weight is 230 g/mol. The first kappa shape index (κ1) is 10.1. The molecule has 0 atom stereocenters. The number of ketones is 1. The number of halogens is 1. The van der Waals surface area contributed by atoms with Crippen molar-refractivity contribution in [1.29, 1.82) is 0 Å². The zero-order chi connectivity index (χ0) is 10.2. The van der Waals surface area contributed by atoms with E-state index in [2.05, 4.69) is 0 Å². The Morgan fingerprint density at radius 2 is 2.36 bits per heavy atom. The highest BCUT2D eigenvalue weighted by atomic mass is 35.5. The third-order valence-corrected chi connectivity index (χ3v) is 4.22. The van der Waals surface area contributed by atoms with Crippen LogP contribution in [0.15, 0.2) is 11.4 Å². The predicted molar refractivity (Wildman–Crippen MR) is 59.0 cm³/mol. The third kappa shape index (κ3) is 1.40. The normalized spacial score (nSPS) is 19.0. The van der Waals surface area contributed by atoms with Crippen molar-refractivity contribution >= 4 is 28.7 Å². The van der Waals surface area contributed by atoms with Crippen molar-refractivity contribution in [2.75, 3.05) is 6.54 Å². The highest BCUT2D eigenvalue weighted by Crippen LogP contribution is 2.44. The van der Waals surface area contributed by atoms with Crippen molar-refractivity contribution in [2.45, 2.75) is 19.3 Å². The van der Waals surface area contributed by atoms with Gasteiger partial charge in [-0.1, -0.05) is 18.0 Å². The van der Waals surface area contributed by atoms with Gasteiger partial charge in [0.15, 0.2) is 5.78 Å². The molecular formula is C10H12ClNOS. The number of hydrogen-bond acceptors (Lipinski definition) is 3. The van der Waals surface area contributed by atoms with Gasteiger partial charge in [-0.2, -0.15) is 0 Å². The number of nitrogens with two attached hydrogens (primary N) is 1. The minimum atomic E-state index is -0.301. The fourth-order valence-electron chi connectivity index (χ4n) is 1.87. The van der Waals surface area contributed by atoms with Crippen molar-refractivity contribution in [3.05, 3.63) is 21.3 Å². The van der Waals surface area contributed by atoms with Crippen LogP contribution in [0.4, 0.5) is 0 Å². The lowest BCUT2D eigenvalue weighted by Gasteiger charge is -2.39. The van der Waals surface area contributed by atoms with Gasteiger partial charge in [-0.25, -0.2) is 0 Å². The molecule has 2 nitrogen and oxygen atoms in total. The second-order valence-corrected chi connectivity index (χ2v) is 5.29. The smallest absolute Gasteiger partial charge is 0.172 e. The predicted octanol–water partition coefficient (Wildman–Crippen LogP) is 2.71. The first-order chi connectivity index (χ1) is 6.69. The summed E-state index contributed by atoms with van der Waals surface area (Å²) in [7, 11) is 0. The maximum absolute atomic E-state index is 12.1. The number of hydrogen-bond donors (Lipinski definition) is 1. The van der Waals surface area contributed by atoms with Crippen LogP contribution in [0.3, 0.4) is 0 Å². The molecule has 0 saturated heterocycles. The summed E-state index contributed by atoms with van der Waals surface area (Å²) in [5.41, 5.74) is 6.02. The van der Waals surface area contributed by atoms with Gasteiger partial charge < -0.3 is 5.73 Å². The zero-order valence-corrected chi connectivity index (χ0v) is 9.33. The fraction of sp³-hybridized carbons (Fsp3) is 0.500. The molecule has 1 aliphatic carbocycles. The monoisotopic (exact) mass is 229 g/mol. The van der Waals surface area contributed by atoms with Crippen LogP contribution in [-0.2, 0) is 0 Å². The van der Waals surface area contributed by atoms with E-state index in [0.717, 1.165) is 19.3 Å². The summed E-state index contributed by atoms with van der Waals surface area (Å²) in [5, 5.41) is 1.85. The number of thiophene rings is 1. The first-order valence-corrected chi connectivity index (χ1v) is 5.93. The molecule has 1 aromatic rings. The molecule has 1 aliphatic rings. The van der Waals surface area contributed by atoms with Crippen LogP contribution in [0, 0.1) is 5.41 Å². The second kappa shape index (κ2) is 3.65. The number of carbonyl (C=O) groups excluding carboxylic acids is 1. The number of rotatable bonds is 3. The maximum Gasteiger partial charge on any atom is 0.172 e. The van der Waals surface area contributed by atoms with Gasteiger partial charge >= 0.3 is 0 Å². The molecule has 1 fully saturated rings.